The maximum Gasteiger partial charge on any atom is 0.326 e. The van der Waals surface area contributed by atoms with E-state index in [-0.39, 0.29) is 31.7 Å². The van der Waals surface area contributed by atoms with Crippen LogP contribution in [0.5, 0.6) is 0 Å². The molecule has 13 nitrogen and oxygen atoms in total. The lowest BCUT2D eigenvalue weighted by Gasteiger charge is -2.29. The van der Waals surface area contributed by atoms with Gasteiger partial charge in [-0.2, -0.15) is 0 Å². The molecule has 0 aromatic rings. The summed E-state index contributed by atoms with van der Waals surface area (Å²) in [6.45, 7) is 3.90. The second-order valence-corrected chi connectivity index (χ2v) is 8.56. The fourth-order valence-corrected chi connectivity index (χ4v) is 3.57. The second-order valence-electron chi connectivity index (χ2n) is 8.56. The molecule has 4 atom stereocenters. The predicted molar refractivity (Wildman–Crippen MR) is 116 cm³/mol. The third-order valence-electron chi connectivity index (χ3n) is 5.22. The van der Waals surface area contributed by atoms with Crippen molar-refractivity contribution in [2.45, 2.75) is 76.5 Å². The van der Waals surface area contributed by atoms with Crippen LogP contribution in [0.25, 0.3) is 0 Å². The molecule has 0 bridgehead atoms. The number of carbonyl (C=O) groups is 6. The van der Waals surface area contributed by atoms with Crippen LogP contribution in [0.4, 0.5) is 0 Å². The Balaban J connectivity index is 2.97. The third kappa shape index (κ3) is 9.04. The van der Waals surface area contributed by atoms with Gasteiger partial charge >= 0.3 is 5.97 Å². The lowest BCUT2D eigenvalue weighted by molar-refractivity contribution is -0.149. The molecule has 1 fully saturated rings. The van der Waals surface area contributed by atoms with Gasteiger partial charge in [0, 0.05) is 13.0 Å². The van der Waals surface area contributed by atoms with Gasteiger partial charge in [0.15, 0.2) is 0 Å². The molecule has 1 heterocycles. The summed E-state index contributed by atoms with van der Waals surface area (Å²) in [7, 11) is 0. The minimum Gasteiger partial charge on any atom is -0.480 e. The average molecular weight is 471 g/mol. The number of amides is 5. The van der Waals surface area contributed by atoms with Gasteiger partial charge in [0.25, 0.3) is 0 Å². The van der Waals surface area contributed by atoms with Gasteiger partial charge in [0.2, 0.25) is 29.5 Å². The lowest BCUT2D eigenvalue weighted by Crippen LogP contribution is -2.58. The number of nitrogens with one attached hydrogen (secondary N) is 2. The van der Waals surface area contributed by atoms with E-state index in [1.54, 1.807) is 0 Å². The number of nitrogens with zero attached hydrogens (tertiary/aromatic N) is 1. The van der Waals surface area contributed by atoms with Crippen molar-refractivity contribution in [1.29, 1.82) is 0 Å². The summed E-state index contributed by atoms with van der Waals surface area (Å²) in [5.41, 5.74) is 15.9. The molecule has 0 radical (unpaired) electrons. The van der Waals surface area contributed by atoms with E-state index in [1.165, 1.54) is 4.90 Å². The van der Waals surface area contributed by atoms with Crippen LogP contribution in [0.1, 0.15) is 52.4 Å². The van der Waals surface area contributed by atoms with Gasteiger partial charge in [-0.25, -0.2) is 4.79 Å². The number of carboxylic acids is 1. The van der Waals surface area contributed by atoms with Gasteiger partial charge in [0.1, 0.15) is 18.1 Å². The summed E-state index contributed by atoms with van der Waals surface area (Å²) in [5, 5.41) is 14.2. The quantitative estimate of drug-likeness (QED) is 0.169. The van der Waals surface area contributed by atoms with Crippen LogP contribution >= 0.6 is 0 Å². The molecule has 0 saturated carbocycles. The molecular formula is C20H34N6O7. The Morgan fingerprint density at radius 2 is 1.61 bits per heavy atom. The molecular weight excluding hydrogens is 436 g/mol. The number of aliphatic carboxylic acids is 1. The van der Waals surface area contributed by atoms with Gasteiger partial charge in [0.05, 0.1) is 12.5 Å². The second kappa shape index (κ2) is 12.7. The highest BCUT2D eigenvalue weighted by Gasteiger charge is 2.38. The standard InChI is InChI=1S/C20H34N6O7/c1-10(2)8-13(19(31)26-7-3-4-14(26)20(32)33)25-18(30)12(9-16(23)28)24-17(29)11(21)5-6-15(22)27/h10-14H,3-9,21H2,1-2H3,(H2,22,27)(H2,23,28)(H,24,29)(H,25,30)(H,32,33). The van der Waals surface area contributed by atoms with Crippen molar-refractivity contribution in [3.05, 3.63) is 0 Å². The van der Waals surface area contributed by atoms with Crippen LogP contribution in [0.3, 0.4) is 0 Å². The topological polar surface area (TPSA) is 228 Å². The van der Waals surface area contributed by atoms with Crippen LogP contribution in [-0.2, 0) is 28.8 Å². The minimum atomic E-state index is -1.41. The van der Waals surface area contributed by atoms with E-state index in [4.69, 9.17) is 17.2 Å². The number of hydrogen-bond donors (Lipinski definition) is 6. The van der Waals surface area contributed by atoms with Crippen molar-refractivity contribution in [1.82, 2.24) is 15.5 Å². The number of hydrogen-bond acceptors (Lipinski definition) is 7. The first-order valence-electron chi connectivity index (χ1n) is 10.8. The Hall–Kier alpha value is -3.22. The SMILES string of the molecule is CC(C)CC(NC(=O)C(CC(N)=O)NC(=O)C(N)CCC(N)=O)C(=O)N1CCCC1C(=O)O. The fourth-order valence-electron chi connectivity index (χ4n) is 3.57. The Bertz CT molecular complexity index is 772. The Kier molecular flexibility index (Phi) is 10.7. The van der Waals surface area contributed by atoms with Crippen molar-refractivity contribution in [3.8, 4) is 0 Å². The fraction of sp³-hybridized carbons (Fsp3) is 0.700. The van der Waals surface area contributed by atoms with Crippen LogP contribution in [0, 0.1) is 5.92 Å². The first-order valence-corrected chi connectivity index (χ1v) is 10.8. The number of carboxylic acid groups (broad SMARTS) is 1. The monoisotopic (exact) mass is 470 g/mol. The van der Waals surface area contributed by atoms with Crippen molar-refractivity contribution >= 4 is 35.5 Å². The highest BCUT2D eigenvalue weighted by Crippen LogP contribution is 2.20. The summed E-state index contributed by atoms with van der Waals surface area (Å²) < 4.78 is 0. The van der Waals surface area contributed by atoms with E-state index in [0.29, 0.717) is 12.8 Å². The number of carbonyl (C=O) groups excluding carboxylic acids is 5. The highest BCUT2D eigenvalue weighted by molar-refractivity contribution is 5.96. The van der Waals surface area contributed by atoms with E-state index >= 15 is 0 Å². The van der Waals surface area contributed by atoms with Gasteiger partial charge < -0.3 is 37.8 Å². The molecule has 0 aromatic heterocycles. The van der Waals surface area contributed by atoms with Gasteiger partial charge in [-0.15, -0.1) is 0 Å². The van der Waals surface area contributed by atoms with E-state index in [9.17, 15) is 33.9 Å². The molecule has 0 aliphatic carbocycles. The van der Waals surface area contributed by atoms with Crippen LogP contribution in [0.2, 0.25) is 0 Å². The maximum absolute atomic E-state index is 13.1. The number of nitrogens with two attached hydrogens (primary N) is 3. The summed E-state index contributed by atoms with van der Waals surface area (Å²) in [4.78, 5) is 73.3. The Morgan fingerprint density at radius 3 is 2.12 bits per heavy atom. The highest BCUT2D eigenvalue weighted by atomic mass is 16.4. The summed E-state index contributed by atoms with van der Waals surface area (Å²) >= 11 is 0. The van der Waals surface area contributed by atoms with E-state index in [2.05, 4.69) is 10.6 Å². The average Bonchev–Trinajstić information content (AvgIpc) is 3.19. The largest absolute Gasteiger partial charge is 0.480 e. The smallest absolute Gasteiger partial charge is 0.326 e. The van der Waals surface area contributed by atoms with E-state index in [1.807, 2.05) is 13.8 Å². The number of rotatable bonds is 13. The number of primary amides is 2. The summed E-state index contributed by atoms with van der Waals surface area (Å²) in [6, 6.07) is -4.61. The molecule has 9 N–H and O–H groups in total. The molecule has 4 unspecified atom stereocenters. The van der Waals surface area contributed by atoms with Gasteiger partial charge in [-0.3, -0.25) is 24.0 Å². The molecule has 186 valence electrons. The maximum atomic E-state index is 13.1. The Labute approximate surface area is 191 Å². The number of likely N-dealkylation sites (tertiary alicyclic amines) is 1. The van der Waals surface area contributed by atoms with E-state index in [0.717, 1.165) is 0 Å². The molecule has 1 aliphatic heterocycles. The molecule has 33 heavy (non-hydrogen) atoms. The van der Waals surface area contributed by atoms with Gasteiger partial charge in [-0.05, 0) is 31.6 Å². The zero-order valence-electron chi connectivity index (χ0n) is 18.9. The van der Waals surface area contributed by atoms with Crippen LogP contribution in [0.15, 0.2) is 0 Å². The van der Waals surface area contributed by atoms with Crippen molar-refractivity contribution in [2.24, 2.45) is 23.1 Å². The van der Waals surface area contributed by atoms with Crippen molar-refractivity contribution in [2.75, 3.05) is 6.54 Å². The molecule has 1 saturated heterocycles. The lowest BCUT2D eigenvalue weighted by atomic mass is 10.0. The zero-order valence-corrected chi connectivity index (χ0v) is 18.9. The molecule has 1 aliphatic rings. The normalized spacial score (nSPS) is 18.3. The third-order valence-corrected chi connectivity index (χ3v) is 5.22. The van der Waals surface area contributed by atoms with E-state index < -0.39 is 66.1 Å². The summed E-state index contributed by atoms with van der Waals surface area (Å²) in [5.74, 6) is -4.87. The summed E-state index contributed by atoms with van der Waals surface area (Å²) in [6.07, 6.45) is 0.285. The molecule has 5 amide bonds. The molecule has 0 aromatic carbocycles. The minimum absolute atomic E-state index is 0.0310. The zero-order chi connectivity index (χ0) is 25.3. The van der Waals surface area contributed by atoms with Gasteiger partial charge in [-0.1, -0.05) is 13.8 Å². The van der Waals surface area contributed by atoms with Crippen molar-refractivity contribution in [3.63, 3.8) is 0 Å². The molecule has 13 heteroatoms. The Morgan fingerprint density at radius 1 is 1.00 bits per heavy atom. The van der Waals surface area contributed by atoms with Crippen LogP contribution < -0.4 is 27.8 Å². The first-order chi connectivity index (χ1) is 15.3. The van der Waals surface area contributed by atoms with Crippen LogP contribution in [-0.4, -0.2) is 76.2 Å². The molecule has 0 spiro atoms. The predicted octanol–water partition coefficient (Wildman–Crippen LogP) is -2.45. The first kappa shape index (κ1) is 27.8. The van der Waals surface area contributed by atoms with Crippen molar-refractivity contribution < 1.29 is 33.9 Å². The molecule has 1 rings (SSSR count).